The number of hydrogen-bond acceptors (Lipinski definition) is 4. The van der Waals surface area contributed by atoms with Crippen molar-refractivity contribution < 1.29 is 30.6 Å². The van der Waals surface area contributed by atoms with Gasteiger partial charge in [-0.3, -0.25) is 4.79 Å². The monoisotopic (exact) mass is 559 g/mol. The first-order valence-corrected chi connectivity index (χ1v) is 12.9. The van der Waals surface area contributed by atoms with Crippen LogP contribution >= 0.6 is 23.2 Å². The smallest absolute Gasteiger partial charge is 0.379 e. The van der Waals surface area contributed by atoms with Crippen molar-refractivity contribution in [3.8, 4) is 5.75 Å². The maximum Gasteiger partial charge on any atom is 0.416 e. The van der Waals surface area contributed by atoms with Gasteiger partial charge in [0.05, 0.1) is 5.56 Å². The van der Waals surface area contributed by atoms with Crippen molar-refractivity contribution in [3.05, 3.63) is 93.5 Å². The fourth-order valence-corrected chi connectivity index (χ4v) is 4.88. The first-order chi connectivity index (χ1) is 16.8. The molecule has 0 aliphatic carbocycles. The molecule has 3 rings (SSSR count). The highest BCUT2D eigenvalue weighted by Crippen LogP contribution is 2.31. The van der Waals surface area contributed by atoms with E-state index in [1.165, 1.54) is 36.4 Å². The molecule has 5 nitrogen and oxygen atoms in total. The van der Waals surface area contributed by atoms with E-state index in [-0.39, 0.29) is 24.2 Å². The number of nitrogens with zero attached hydrogens (tertiary/aromatic N) is 1. The first-order valence-electron chi connectivity index (χ1n) is 10.8. The van der Waals surface area contributed by atoms with Crippen molar-refractivity contribution in [1.29, 1.82) is 0 Å². The minimum absolute atomic E-state index is 0.104. The third kappa shape index (κ3) is 6.93. The van der Waals surface area contributed by atoms with Crippen LogP contribution in [0.4, 0.5) is 13.2 Å². The molecule has 0 saturated carbocycles. The van der Waals surface area contributed by atoms with Gasteiger partial charge in [-0.1, -0.05) is 48.3 Å². The molecule has 0 saturated heterocycles. The zero-order valence-corrected chi connectivity index (χ0v) is 21.5. The van der Waals surface area contributed by atoms with Crippen LogP contribution in [0.5, 0.6) is 5.75 Å². The van der Waals surface area contributed by atoms with Crippen molar-refractivity contribution >= 4 is 39.2 Å². The number of rotatable bonds is 8. The van der Waals surface area contributed by atoms with E-state index < -0.39 is 26.8 Å². The van der Waals surface area contributed by atoms with E-state index in [0.717, 1.165) is 18.2 Å². The molecule has 3 aromatic rings. The number of carbonyl (C=O) groups is 1. The summed E-state index contributed by atoms with van der Waals surface area (Å²) in [5, 5.41) is 0.621. The Kier molecular flexibility index (Phi) is 8.59. The molecule has 0 N–H and O–H groups in total. The highest BCUT2D eigenvalue weighted by atomic mass is 35.5. The summed E-state index contributed by atoms with van der Waals surface area (Å²) in [6, 6.07) is 13.6. The van der Waals surface area contributed by atoms with E-state index in [2.05, 4.69) is 0 Å². The topological polar surface area (TPSA) is 63.7 Å². The standard InChI is InChI=1S/C25H22Cl2F3NO4S/c1-3-16(2)31(24(32)18-11-20(26)14-21(27)12-18)15-17-6-4-8-22(10-17)35-36(33,34)23-9-5-7-19(13-23)25(28,29)30/h4-14,16H,3,15H2,1-2H3. The summed E-state index contributed by atoms with van der Waals surface area (Å²) < 4.78 is 69.4. The number of benzene rings is 3. The van der Waals surface area contributed by atoms with Crippen LogP contribution in [0.25, 0.3) is 0 Å². The van der Waals surface area contributed by atoms with Crippen molar-refractivity contribution in [3.63, 3.8) is 0 Å². The summed E-state index contributed by atoms with van der Waals surface area (Å²) in [5.74, 6) is -0.427. The van der Waals surface area contributed by atoms with Crippen LogP contribution < -0.4 is 4.18 Å². The van der Waals surface area contributed by atoms with Crippen LogP contribution in [-0.2, 0) is 22.8 Å². The molecular weight excluding hydrogens is 538 g/mol. The highest BCUT2D eigenvalue weighted by Gasteiger charge is 2.32. The fourth-order valence-electron chi connectivity index (χ4n) is 3.39. The van der Waals surface area contributed by atoms with E-state index in [9.17, 15) is 26.4 Å². The largest absolute Gasteiger partial charge is 0.416 e. The second-order valence-electron chi connectivity index (χ2n) is 8.06. The van der Waals surface area contributed by atoms with E-state index in [0.29, 0.717) is 33.7 Å². The minimum atomic E-state index is -4.70. The molecule has 0 bridgehead atoms. The van der Waals surface area contributed by atoms with Gasteiger partial charge >= 0.3 is 16.3 Å². The number of alkyl halides is 3. The zero-order chi connectivity index (χ0) is 26.7. The molecule has 0 aromatic heterocycles. The summed E-state index contributed by atoms with van der Waals surface area (Å²) in [6.07, 6.45) is -4.06. The Morgan fingerprint density at radius 2 is 1.64 bits per heavy atom. The van der Waals surface area contributed by atoms with Gasteiger partial charge in [-0.15, -0.1) is 0 Å². The molecule has 0 spiro atoms. The molecule has 36 heavy (non-hydrogen) atoms. The van der Waals surface area contributed by atoms with Gasteiger partial charge < -0.3 is 9.08 Å². The lowest BCUT2D eigenvalue weighted by molar-refractivity contribution is -0.137. The summed E-state index contributed by atoms with van der Waals surface area (Å²) in [4.78, 5) is 14.2. The number of halogens is 5. The summed E-state index contributed by atoms with van der Waals surface area (Å²) in [7, 11) is -4.54. The Balaban J connectivity index is 1.87. The van der Waals surface area contributed by atoms with Crippen molar-refractivity contribution in [2.75, 3.05) is 0 Å². The second-order valence-corrected chi connectivity index (χ2v) is 10.5. The van der Waals surface area contributed by atoms with Gasteiger partial charge in [0.15, 0.2) is 0 Å². The lowest BCUT2D eigenvalue weighted by atomic mass is 10.1. The molecule has 1 atom stereocenters. The lowest BCUT2D eigenvalue weighted by Gasteiger charge is -2.29. The fraction of sp³-hybridized carbons (Fsp3) is 0.240. The average Bonchev–Trinajstić information content (AvgIpc) is 2.80. The molecule has 0 heterocycles. The average molecular weight is 560 g/mol. The summed E-state index contributed by atoms with van der Waals surface area (Å²) >= 11 is 12.1. The number of hydrogen-bond donors (Lipinski definition) is 0. The van der Waals surface area contributed by atoms with E-state index in [4.69, 9.17) is 27.4 Å². The molecule has 11 heteroatoms. The Labute approximate surface area is 217 Å². The first kappa shape index (κ1) is 27.8. The predicted octanol–water partition coefficient (Wildman–Crippen LogP) is 7.22. The van der Waals surface area contributed by atoms with Crippen LogP contribution in [0.1, 0.15) is 41.8 Å². The lowest BCUT2D eigenvalue weighted by Crippen LogP contribution is -2.37. The molecular formula is C25H22Cl2F3NO4S. The zero-order valence-electron chi connectivity index (χ0n) is 19.2. The van der Waals surface area contributed by atoms with Gasteiger partial charge in [-0.05, 0) is 67.4 Å². The van der Waals surface area contributed by atoms with Gasteiger partial charge in [0.1, 0.15) is 10.6 Å². The number of amides is 1. The van der Waals surface area contributed by atoms with Gasteiger partial charge in [0.25, 0.3) is 5.91 Å². The third-order valence-corrected chi connectivity index (χ3v) is 7.08. The highest BCUT2D eigenvalue weighted by molar-refractivity contribution is 7.87. The minimum Gasteiger partial charge on any atom is -0.379 e. The van der Waals surface area contributed by atoms with Crippen molar-refractivity contribution in [2.24, 2.45) is 0 Å². The Morgan fingerprint density at radius 1 is 1.00 bits per heavy atom. The molecule has 192 valence electrons. The van der Waals surface area contributed by atoms with Crippen molar-refractivity contribution in [2.45, 2.75) is 43.9 Å². The van der Waals surface area contributed by atoms with Crippen LogP contribution in [0.15, 0.2) is 71.6 Å². The van der Waals surface area contributed by atoms with Crippen molar-refractivity contribution in [1.82, 2.24) is 4.90 Å². The van der Waals surface area contributed by atoms with Crippen LogP contribution in [0, 0.1) is 0 Å². The Hall–Kier alpha value is -2.75. The van der Waals surface area contributed by atoms with Gasteiger partial charge in [0, 0.05) is 28.2 Å². The maximum atomic E-state index is 13.3. The summed E-state index contributed by atoms with van der Waals surface area (Å²) in [5.41, 5.74) is -0.259. The SMILES string of the molecule is CCC(C)N(Cc1cccc(OS(=O)(=O)c2cccc(C(F)(F)F)c2)c1)C(=O)c1cc(Cl)cc(Cl)c1. The van der Waals surface area contributed by atoms with Crippen LogP contribution in [-0.4, -0.2) is 25.3 Å². The Bertz CT molecular complexity index is 1340. The second kappa shape index (κ2) is 11.1. The molecule has 0 aliphatic rings. The van der Waals surface area contributed by atoms with Crippen LogP contribution in [0.3, 0.4) is 0 Å². The van der Waals surface area contributed by atoms with E-state index >= 15 is 0 Å². The normalized spacial score (nSPS) is 12.8. The van der Waals surface area contributed by atoms with E-state index in [1.54, 1.807) is 11.0 Å². The maximum absolute atomic E-state index is 13.3. The predicted molar refractivity (Wildman–Crippen MR) is 132 cm³/mol. The number of carbonyl (C=O) groups excluding carboxylic acids is 1. The Morgan fingerprint density at radius 3 is 2.25 bits per heavy atom. The third-order valence-electron chi connectivity index (χ3n) is 5.40. The van der Waals surface area contributed by atoms with E-state index in [1.807, 2.05) is 13.8 Å². The van der Waals surface area contributed by atoms with Gasteiger partial charge in [-0.2, -0.15) is 21.6 Å². The summed E-state index contributed by atoms with van der Waals surface area (Å²) in [6.45, 7) is 3.89. The van der Waals surface area contributed by atoms with Gasteiger partial charge in [0.2, 0.25) is 0 Å². The molecule has 0 radical (unpaired) electrons. The molecule has 0 fully saturated rings. The molecule has 1 amide bonds. The molecule has 1 unspecified atom stereocenters. The molecule has 3 aromatic carbocycles. The van der Waals surface area contributed by atoms with Gasteiger partial charge in [-0.25, -0.2) is 0 Å². The molecule has 0 aliphatic heterocycles. The van der Waals surface area contributed by atoms with Crippen LogP contribution in [0.2, 0.25) is 10.0 Å². The quantitative estimate of drug-likeness (QED) is 0.273.